The van der Waals surface area contributed by atoms with Crippen LogP contribution in [0.2, 0.25) is 10.0 Å². The molecule has 0 aliphatic heterocycles. The number of halogens is 3. The topological polar surface area (TPSA) is 38.3 Å². The molecule has 1 amide bonds. The summed E-state index contributed by atoms with van der Waals surface area (Å²) < 4.78 is 18.7. The fourth-order valence-corrected chi connectivity index (χ4v) is 2.95. The van der Waals surface area contributed by atoms with Crippen LogP contribution < -0.4 is 10.1 Å². The van der Waals surface area contributed by atoms with E-state index in [0.717, 1.165) is 28.2 Å². The second-order valence-corrected chi connectivity index (χ2v) is 6.29. The van der Waals surface area contributed by atoms with Crippen LogP contribution in [0, 0.1) is 5.82 Å². The van der Waals surface area contributed by atoms with Gasteiger partial charge in [-0.1, -0.05) is 41.4 Å². The molecule has 1 N–H and O–H groups in total. The average molecular weight is 378 g/mol. The Labute approximate surface area is 154 Å². The maximum Gasteiger partial charge on any atom is 0.253 e. The predicted octanol–water partition coefficient (Wildman–Crippen LogP) is 5.22. The second-order valence-electron chi connectivity index (χ2n) is 5.48. The van der Waals surface area contributed by atoms with Gasteiger partial charge in [-0.3, -0.25) is 4.79 Å². The Morgan fingerprint density at radius 3 is 2.52 bits per heavy atom. The molecule has 3 aromatic rings. The van der Waals surface area contributed by atoms with Crippen molar-refractivity contribution in [3.8, 4) is 5.75 Å². The Hall–Kier alpha value is -2.30. The zero-order valence-electron chi connectivity index (χ0n) is 13.3. The zero-order chi connectivity index (χ0) is 18.0. The molecule has 0 saturated carbocycles. The Morgan fingerprint density at radius 2 is 1.76 bits per heavy atom. The molecule has 0 saturated heterocycles. The van der Waals surface area contributed by atoms with Gasteiger partial charge in [-0.05, 0) is 46.7 Å². The van der Waals surface area contributed by atoms with Gasteiger partial charge in [0.2, 0.25) is 0 Å². The van der Waals surface area contributed by atoms with Crippen molar-refractivity contribution in [1.29, 1.82) is 0 Å². The number of amides is 1. The average Bonchev–Trinajstić information content (AvgIpc) is 2.62. The largest absolute Gasteiger partial charge is 0.497 e. The highest BCUT2D eigenvalue weighted by Gasteiger charge is 2.14. The first-order valence-corrected chi connectivity index (χ1v) is 8.23. The van der Waals surface area contributed by atoms with E-state index in [9.17, 15) is 9.18 Å². The molecule has 0 unspecified atom stereocenters. The van der Waals surface area contributed by atoms with Crippen LogP contribution in [-0.2, 0) is 6.54 Å². The lowest BCUT2D eigenvalue weighted by atomic mass is 10.1. The number of methoxy groups -OCH3 is 1. The van der Waals surface area contributed by atoms with Gasteiger partial charge in [0, 0.05) is 6.54 Å². The summed E-state index contributed by atoms with van der Waals surface area (Å²) in [6.07, 6.45) is 0. The van der Waals surface area contributed by atoms with Crippen molar-refractivity contribution < 1.29 is 13.9 Å². The standard InChI is InChI=1S/C19H14Cl2FNO2/c1-25-14-5-4-12-6-11(2-3-13(12)7-14)10-23-19(24)15-8-18(22)17(21)9-16(15)20/h2-9H,10H2,1H3,(H,23,24). The lowest BCUT2D eigenvalue weighted by Crippen LogP contribution is -2.23. The number of ether oxygens (including phenoxy) is 1. The van der Waals surface area contributed by atoms with Gasteiger partial charge in [0.25, 0.3) is 5.91 Å². The molecule has 3 nitrogen and oxygen atoms in total. The monoisotopic (exact) mass is 377 g/mol. The maximum absolute atomic E-state index is 13.5. The van der Waals surface area contributed by atoms with Crippen LogP contribution in [0.1, 0.15) is 15.9 Å². The highest BCUT2D eigenvalue weighted by Crippen LogP contribution is 2.25. The number of hydrogen-bond donors (Lipinski definition) is 1. The number of fused-ring (bicyclic) bond motifs is 1. The van der Waals surface area contributed by atoms with Crippen LogP contribution in [0.3, 0.4) is 0 Å². The normalized spacial score (nSPS) is 10.7. The third-order valence-electron chi connectivity index (χ3n) is 3.82. The third kappa shape index (κ3) is 3.86. The third-order valence-corrected chi connectivity index (χ3v) is 4.42. The van der Waals surface area contributed by atoms with Crippen molar-refractivity contribution in [3.63, 3.8) is 0 Å². The summed E-state index contributed by atoms with van der Waals surface area (Å²) in [7, 11) is 1.62. The van der Waals surface area contributed by atoms with E-state index in [2.05, 4.69) is 5.32 Å². The molecule has 25 heavy (non-hydrogen) atoms. The van der Waals surface area contributed by atoms with Gasteiger partial charge in [0.05, 0.1) is 22.7 Å². The fraction of sp³-hybridized carbons (Fsp3) is 0.105. The molecule has 0 aliphatic rings. The number of hydrogen-bond acceptors (Lipinski definition) is 2. The summed E-state index contributed by atoms with van der Waals surface area (Å²) >= 11 is 11.6. The van der Waals surface area contributed by atoms with E-state index in [-0.39, 0.29) is 15.6 Å². The molecular formula is C19H14Cl2FNO2. The van der Waals surface area contributed by atoms with Crippen LogP contribution in [0.5, 0.6) is 5.75 Å². The SMILES string of the molecule is COc1ccc2cc(CNC(=O)c3cc(F)c(Cl)cc3Cl)ccc2c1. The zero-order valence-corrected chi connectivity index (χ0v) is 14.8. The van der Waals surface area contributed by atoms with E-state index >= 15 is 0 Å². The first kappa shape index (κ1) is 17.5. The van der Waals surface area contributed by atoms with E-state index < -0.39 is 11.7 Å². The summed E-state index contributed by atoms with van der Waals surface area (Å²) in [4.78, 5) is 12.2. The van der Waals surface area contributed by atoms with Gasteiger partial charge >= 0.3 is 0 Å². The molecule has 0 spiro atoms. The molecule has 0 aromatic heterocycles. The Kier molecular flexibility index (Phi) is 5.11. The van der Waals surface area contributed by atoms with Gasteiger partial charge in [0.15, 0.2) is 0 Å². The highest BCUT2D eigenvalue weighted by atomic mass is 35.5. The van der Waals surface area contributed by atoms with Crippen molar-refractivity contribution in [2.45, 2.75) is 6.54 Å². The first-order chi connectivity index (χ1) is 12.0. The Morgan fingerprint density at radius 1 is 1.04 bits per heavy atom. The van der Waals surface area contributed by atoms with E-state index in [4.69, 9.17) is 27.9 Å². The Bertz CT molecular complexity index is 960. The van der Waals surface area contributed by atoms with Gasteiger partial charge in [-0.15, -0.1) is 0 Å². The first-order valence-electron chi connectivity index (χ1n) is 7.47. The van der Waals surface area contributed by atoms with E-state index in [1.54, 1.807) is 7.11 Å². The van der Waals surface area contributed by atoms with Crippen molar-refractivity contribution in [1.82, 2.24) is 5.32 Å². The molecule has 0 bridgehead atoms. The van der Waals surface area contributed by atoms with Crippen molar-refractivity contribution in [2.75, 3.05) is 7.11 Å². The fourth-order valence-electron chi connectivity index (χ4n) is 2.48. The van der Waals surface area contributed by atoms with E-state index in [0.29, 0.717) is 6.54 Å². The predicted molar refractivity (Wildman–Crippen MR) is 98.1 cm³/mol. The lowest BCUT2D eigenvalue weighted by molar-refractivity contribution is 0.0950. The van der Waals surface area contributed by atoms with Gasteiger partial charge < -0.3 is 10.1 Å². The molecule has 0 aliphatic carbocycles. The molecule has 6 heteroatoms. The van der Waals surface area contributed by atoms with Crippen LogP contribution in [0.25, 0.3) is 10.8 Å². The minimum Gasteiger partial charge on any atom is -0.497 e. The second kappa shape index (κ2) is 7.30. The summed E-state index contributed by atoms with van der Waals surface area (Å²) in [5.74, 6) is -0.362. The van der Waals surface area contributed by atoms with Gasteiger partial charge in [0.1, 0.15) is 11.6 Å². The number of rotatable bonds is 4. The quantitative estimate of drug-likeness (QED) is 0.632. The molecule has 0 fully saturated rings. The number of benzene rings is 3. The molecular weight excluding hydrogens is 364 g/mol. The van der Waals surface area contributed by atoms with Crippen LogP contribution in [-0.4, -0.2) is 13.0 Å². The van der Waals surface area contributed by atoms with Gasteiger partial charge in [-0.25, -0.2) is 4.39 Å². The summed E-state index contributed by atoms with van der Waals surface area (Å²) in [6.45, 7) is 0.293. The van der Waals surface area contributed by atoms with Crippen molar-refractivity contribution in [3.05, 3.63) is 75.5 Å². The van der Waals surface area contributed by atoms with E-state index in [1.807, 2.05) is 36.4 Å². The molecule has 128 valence electrons. The van der Waals surface area contributed by atoms with Crippen molar-refractivity contribution >= 4 is 39.9 Å². The van der Waals surface area contributed by atoms with Crippen LogP contribution >= 0.6 is 23.2 Å². The summed E-state index contributed by atoms with van der Waals surface area (Å²) in [5.41, 5.74) is 0.964. The molecule has 3 rings (SSSR count). The van der Waals surface area contributed by atoms with Crippen molar-refractivity contribution in [2.24, 2.45) is 0 Å². The summed E-state index contributed by atoms with van der Waals surface area (Å²) in [5, 5.41) is 4.79. The van der Waals surface area contributed by atoms with E-state index in [1.165, 1.54) is 6.07 Å². The lowest BCUT2D eigenvalue weighted by Gasteiger charge is -2.09. The Balaban J connectivity index is 1.76. The van der Waals surface area contributed by atoms with Gasteiger partial charge in [-0.2, -0.15) is 0 Å². The minimum absolute atomic E-state index is 0.0501. The molecule has 0 radical (unpaired) electrons. The summed E-state index contributed by atoms with van der Waals surface area (Å²) in [6, 6.07) is 13.8. The highest BCUT2D eigenvalue weighted by molar-refractivity contribution is 6.36. The van der Waals surface area contributed by atoms with Crippen LogP contribution in [0.4, 0.5) is 4.39 Å². The maximum atomic E-state index is 13.5. The molecule has 0 heterocycles. The smallest absolute Gasteiger partial charge is 0.253 e. The number of carbonyl (C=O) groups excluding carboxylic acids is 1. The molecule has 3 aromatic carbocycles. The minimum atomic E-state index is -0.684. The number of carbonyl (C=O) groups is 1. The number of nitrogens with one attached hydrogen (secondary N) is 1. The van der Waals surface area contributed by atoms with Crippen LogP contribution in [0.15, 0.2) is 48.5 Å². The molecule has 0 atom stereocenters.